The molecule has 0 saturated heterocycles. The Hall–Kier alpha value is -2.25. The number of rotatable bonds is 7. The van der Waals surface area contributed by atoms with Crippen LogP contribution in [0.15, 0.2) is 24.3 Å². The van der Waals surface area contributed by atoms with Gasteiger partial charge in [-0.3, -0.25) is 19.3 Å². The van der Waals surface area contributed by atoms with E-state index in [1.54, 1.807) is 24.3 Å². The van der Waals surface area contributed by atoms with Crippen LogP contribution in [0.25, 0.3) is 0 Å². The molecule has 1 aliphatic rings. The molecular weight excluding hydrogens is 288 g/mol. The van der Waals surface area contributed by atoms with E-state index in [2.05, 4.69) is 10.1 Å². The molecule has 118 valence electrons. The molecule has 1 unspecified atom stereocenters. The zero-order valence-electron chi connectivity index (χ0n) is 12.5. The molecule has 7 heteroatoms. The summed E-state index contributed by atoms with van der Waals surface area (Å²) in [6.07, 6.45) is 0. The van der Waals surface area contributed by atoms with E-state index in [1.807, 2.05) is 0 Å². The Kier molecular flexibility index (Phi) is 5.24. The average Bonchev–Trinajstić information content (AvgIpc) is 2.78. The quantitative estimate of drug-likeness (QED) is 0.566. The molecule has 0 aromatic heterocycles. The third-order valence-electron chi connectivity index (χ3n) is 3.42. The smallest absolute Gasteiger partial charge is 0.325 e. The molecule has 1 aliphatic heterocycles. The first-order valence-electron chi connectivity index (χ1n) is 6.85. The number of benzene rings is 1. The number of ether oxygens (including phenoxy) is 2. The zero-order valence-corrected chi connectivity index (χ0v) is 12.5. The van der Waals surface area contributed by atoms with E-state index >= 15 is 0 Å². The van der Waals surface area contributed by atoms with E-state index in [1.165, 1.54) is 19.1 Å². The second-order valence-corrected chi connectivity index (χ2v) is 4.79. The highest BCUT2D eigenvalue weighted by Crippen LogP contribution is 2.21. The van der Waals surface area contributed by atoms with Gasteiger partial charge in [-0.15, -0.1) is 0 Å². The van der Waals surface area contributed by atoms with E-state index in [4.69, 9.17) is 4.74 Å². The van der Waals surface area contributed by atoms with Crippen molar-refractivity contribution >= 4 is 17.8 Å². The lowest BCUT2D eigenvalue weighted by atomic mass is 10.1. The lowest BCUT2D eigenvalue weighted by Gasteiger charge is -2.18. The summed E-state index contributed by atoms with van der Waals surface area (Å²) in [4.78, 5) is 37.0. The maximum atomic E-state index is 12.2. The van der Waals surface area contributed by atoms with Crippen molar-refractivity contribution in [2.75, 3.05) is 33.9 Å². The fraction of sp³-hybridized carbons (Fsp3) is 0.400. The van der Waals surface area contributed by atoms with Crippen LogP contribution in [0.3, 0.4) is 0 Å². The van der Waals surface area contributed by atoms with Crippen molar-refractivity contribution in [3.8, 4) is 0 Å². The van der Waals surface area contributed by atoms with Gasteiger partial charge < -0.3 is 14.8 Å². The molecule has 1 N–H and O–H groups in total. The second kappa shape index (κ2) is 7.15. The van der Waals surface area contributed by atoms with E-state index in [0.29, 0.717) is 11.1 Å². The van der Waals surface area contributed by atoms with Crippen LogP contribution in [0.1, 0.15) is 20.7 Å². The average molecular weight is 306 g/mol. The molecule has 0 spiro atoms. The molecule has 0 saturated carbocycles. The predicted molar refractivity (Wildman–Crippen MR) is 77.5 cm³/mol. The zero-order chi connectivity index (χ0) is 16.1. The van der Waals surface area contributed by atoms with Crippen molar-refractivity contribution in [1.82, 2.24) is 10.2 Å². The number of hydrogen-bond donors (Lipinski definition) is 1. The number of hydrogen-bond acceptors (Lipinski definition) is 6. The molecule has 22 heavy (non-hydrogen) atoms. The lowest BCUT2D eigenvalue weighted by molar-refractivity contribution is -0.144. The summed E-state index contributed by atoms with van der Waals surface area (Å²) in [6.45, 7) is 0.590. The third-order valence-corrected chi connectivity index (χ3v) is 3.42. The molecule has 1 heterocycles. The molecule has 1 atom stereocenters. The van der Waals surface area contributed by atoms with Gasteiger partial charge in [0.25, 0.3) is 11.8 Å². The monoisotopic (exact) mass is 306 g/mol. The van der Waals surface area contributed by atoms with Gasteiger partial charge in [-0.25, -0.2) is 0 Å². The highest BCUT2D eigenvalue weighted by atomic mass is 16.5. The van der Waals surface area contributed by atoms with Gasteiger partial charge in [0.2, 0.25) is 0 Å². The number of carbonyl (C=O) groups is 3. The first kappa shape index (κ1) is 16.1. The number of esters is 1. The van der Waals surface area contributed by atoms with Crippen molar-refractivity contribution in [1.29, 1.82) is 0 Å². The Morgan fingerprint density at radius 2 is 1.77 bits per heavy atom. The van der Waals surface area contributed by atoms with Crippen molar-refractivity contribution < 1.29 is 23.9 Å². The van der Waals surface area contributed by atoms with Gasteiger partial charge in [-0.1, -0.05) is 12.1 Å². The fourth-order valence-corrected chi connectivity index (χ4v) is 2.31. The third kappa shape index (κ3) is 3.15. The van der Waals surface area contributed by atoms with E-state index in [-0.39, 0.29) is 31.5 Å². The molecular formula is C15H18N2O5. The van der Waals surface area contributed by atoms with Gasteiger partial charge in [-0.2, -0.15) is 0 Å². The van der Waals surface area contributed by atoms with Crippen LogP contribution in [0.2, 0.25) is 0 Å². The molecule has 0 bridgehead atoms. The maximum absolute atomic E-state index is 12.2. The molecule has 0 aliphatic carbocycles. The van der Waals surface area contributed by atoms with Crippen molar-refractivity contribution in [3.05, 3.63) is 35.4 Å². The topological polar surface area (TPSA) is 84.9 Å². The number of carbonyl (C=O) groups excluding carboxylic acids is 3. The Bertz CT molecular complexity index is 552. The normalized spacial score (nSPS) is 14.9. The molecule has 0 radical (unpaired) electrons. The maximum Gasteiger partial charge on any atom is 0.325 e. The summed E-state index contributed by atoms with van der Waals surface area (Å²) < 4.78 is 9.58. The van der Waals surface area contributed by atoms with Gasteiger partial charge in [0, 0.05) is 20.2 Å². The van der Waals surface area contributed by atoms with E-state index in [9.17, 15) is 14.4 Å². The second-order valence-electron chi connectivity index (χ2n) is 4.79. The summed E-state index contributed by atoms with van der Waals surface area (Å²) in [5.41, 5.74) is 0.822. The van der Waals surface area contributed by atoms with Gasteiger partial charge in [0.05, 0.1) is 24.8 Å². The van der Waals surface area contributed by atoms with Crippen LogP contribution in [0, 0.1) is 0 Å². The molecule has 1 aromatic carbocycles. The Morgan fingerprint density at radius 1 is 1.18 bits per heavy atom. The number of nitrogens with one attached hydrogen (secondary N) is 1. The van der Waals surface area contributed by atoms with Crippen LogP contribution in [-0.2, 0) is 14.3 Å². The molecule has 0 fully saturated rings. The van der Waals surface area contributed by atoms with Crippen LogP contribution in [0.4, 0.5) is 0 Å². The van der Waals surface area contributed by atoms with Crippen molar-refractivity contribution in [3.63, 3.8) is 0 Å². The van der Waals surface area contributed by atoms with Crippen LogP contribution in [0.5, 0.6) is 0 Å². The highest BCUT2D eigenvalue weighted by Gasteiger charge is 2.34. The fourth-order valence-electron chi connectivity index (χ4n) is 2.31. The van der Waals surface area contributed by atoms with Crippen molar-refractivity contribution in [2.24, 2.45) is 0 Å². The van der Waals surface area contributed by atoms with Crippen molar-refractivity contribution in [2.45, 2.75) is 6.04 Å². The SMILES string of the molecule is COCC(NCCN1C(=O)c2ccccc2C1=O)C(=O)OC. The highest BCUT2D eigenvalue weighted by molar-refractivity contribution is 6.21. The van der Waals surface area contributed by atoms with Gasteiger partial charge in [-0.05, 0) is 12.1 Å². The minimum Gasteiger partial charge on any atom is -0.468 e. The molecule has 1 aromatic rings. The number of nitrogens with zero attached hydrogens (tertiary/aromatic N) is 1. The summed E-state index contributed by atoms with van der Waals surface area (Å²) in [5, 5.41) is 2.92. The Labute approximate surface area is 128 Å². The van der Waals surface area contributed by atoms with E-state index in [0.717, 1.165) is 0 Å². The minimum atomic E-state index is -0.634. The Balaban J connectivity index is 1.94. The van der Waals surface area contributed by atoms with E-state index < -0.39 is 12.0 Å². The van der Waals surface area contributed by atoms with Gasteiger partial charge in [0.1, 0.15) is 6.04 Å². The first-order chi connectivity index (χ1) is 10.6. The predicted octanol–water partition coefficient (Wildman–Crippen LogP) is 0.0602. The van der Waals surface area contributed by atoms with Gasteiger partial charge in [0.15, 0.2) is 0 Å². The number of fused-ring (bicyclic) bond motifs is 1. The summed E-state index contributed by atoms with van der Waals surface area (Å²) >= 11 is 0. The van der Waals surface area contributed by atoms with Crippen LogP contribution < -0.4 is 5.32 Å². The first-order valence-corrected chi connectivity index (χ1v) is 6.85. The Morgan fingerprint density at radius 3 is 2.27 bits per heavy atom. The summed E-state index contributed by atoms with van der Waals surface area (Å²) in [5.74, 6) is -1.09. The largest absolute Gasteiger partial charge is 0.468 e. The standard InChI is InChI=1S/C15H18N2O5/c1-21-9-12(15(20)22-2)16-7-8-17-13(18)10-5-3-4-6-11(10)14(17)19/h3-6,12,16H,7-9H2,1-2H3. The molecule has 2 rings (SSSR count). The summed E-state index contributed by atoms with van der Waals surface area (Å²) in [7, 11) is 2.76. The molecule has 7 nitrogen and oxygen atoms in total. The summed E-state index contributed by atoms with van der Waals surface area (Å²) in [6, 6.07) is 6.07. The van der Waals surface area contributed by atoms with Crippen LogP contribution in [-0.4, -0.2) is 62.6 Å². The number of amides is 2. The molecule has 2 amide bonds. The number of imide groups is 1. The minimum absolute atomic E-state index is 0.148. The van der Waals surface area contributed by atoms with Crippen LogP contribution >= 0.6 is 0 Å². The number of methoxy groups -OCH3 is 2. The van der Waals surface area contributed by atoms with Gasteiger partial charge >= 0.3 is 5.97 Å². The lowest BCUT2D eigenvalue weighted by Crippen LogP contribution is -2.45.